The van der Waals surface area contributed by atoms with Gasteiger partial charge in [0.1, 0.15) is 0 Å². The first-order valence-corrected chi connectivity index (χ1v) is 13.7. The summed E-state index contributed by atoms with van der Waals surface area (Å²) in [7, 11) is 0. The highest BCUT2D eigenvalue weighted by atomic mass is 16.4. The van der Waals surface area contributed by atoms with Crippen LogP contribution in [-0.4, -0.2) is 33.5 Å². The molecule has 0 aromatic heterocycles. The molecule has 4 aliphatic rings. The molecule has 0 radical (unpaired) electrons. The zero-order chi connectivity index (χ0) is 25.3. The summed E-state index contributed by atoms with van der Waals surface area (Å²) in [5, 5.41) is 31.4. The average Bonchev–Trinajstić information content (AvgIpc) is 3.11. The second-order valence-electron chi connectivity index (χ2n) is 13.6. The van der Waals surface area contributed by atoms with Crippen LogP contribution in [0.15, 0.2) is 23.3 Å². The topological polar surface area (TPSA) is 77.8 Å². The van der Waals surface area contributed by atoms with E-state index < -0.39 is 18.2 Å². The summed E-state index contributed by atoms with van der Waals surface area (Å²) >= 11 is 0. The molecule has 4 nitrogen and oxygen atoms in total. The second kappa shape index (κ2) is 8.47. The van der Waals surface area contributed by atoms with E-state index in [9.17, 15) is 15.0 Å². The smallest absolute Gasteiger partial charge is 0.330 e. The molecule has 3 fully saturated rings. The highest BCUT2D eigenvalue weighted by Crippen LogP contribution is 2.74. The summed E-state index contributed by atoms with van der Waals surface area (Å²) in [6, 6.07) is 0. The van der Waals surface area contributed by atoms with Crippen molar-refractivity contribution in [2.75, 3.05) is 0 Å². The molecule has 0 amide bonds. The minimum absolute atomic E-state index is 0.148. The number of aliphatic hydroxyl groups excluding tert-OH is 2. The Morgan fingerprint density at radius 3 is 2.41 bits per heavy atom. The standard InChI is InChI=1S/C30H48O4/c1-18(9-8-10-19(2)26(33)34)20-13-15-28(5)21(20)11-12-23-29(28,6)16-14-22-27(3,4)24(31)17-25(32)30(22,23)7/h10-11,18,20,22-25,31-32H,8-9,12-17H2,1-7H3,(H,33,34)/b19-10+/t18-,20-,22+,23-,24-,25+,28+,29+,30+/m0/s1. The maximum atomic E-state index is 11.4. The maximum absolute atomic E-state index is 11.4. The molecule has 0 saturated heterocycles. The molecule has 4 rings (SSSR count). The van der Waals surface area contributed by atoms with Gasteiger partial charge in [-0.25, -0.2) is 4.79 Å². The number of allylic oxidation sites excluding steroid dienone is 3. The molecule has 3 N–H and O–H groups in total. The summed E-state index contributed by atoms with van der Waals surface area (Å²) in [4.78, 5) is 11.1. The summed E-state index contributed by atoms with van der Waals surface area (Å²) < 4.78 is 0. The van der Waals surface area contributed by atoms with E-state index in [1.54, 1.807) is 12.5 Å². The van der Waals surface area contributed by atoms with Gasteiger partial charge < -0.3 is 15.3 Å². The molecular weight excluding hydrogens is 424 g/mol. The maximum Gasteiger partial charge on any atom is 0.330 e. The van der Waals surface area contributed by atoms with Crippen molar-refractivity contribution < 1.29 is 20.1 Å². The molecule has 3 saturated carbocycles. The second-order valence-corrected chi connectivity index (χ2v) is 13.6. The number of hydrogen-bond donors (Lipinski definition) is 3. The molecule has 34 heavy (non-hydrogen) atoms. The lowest BCUT2D eigenvalue weighted by atomic mass is 9.36. The number of rotatable bonds is 5. The van der Waals surface area contributed by atoms with E-state index >= 15 is 0 Å². The number of fused-ring (bicyclic) bond motifs is 5. The van der Waals surface area contributed by atoms with Gasteiger partial charge in [-0.3, -0.25) is 0 Å². The third-order valence-corrected chi connectivity index (χ3v) is 12.1. The zero-order valence-electron chi connectivity index (χ0n) is 22.5. The highest BCUT2D eigenvalue weighted by Gasteiger charge is 2.69. The van der Waals surface area contributed by atoms with Crippen molar-refractivity contribution in [1.82, 2.24) is 0 Å². The SMILES string of the molecule is C/C(=C\CC[C@H](C)[C@@H]1CC[C@]2(C)C1=CC[C@@H]1[C@]3(C)[C@H](O)C[C@H](O)C(C)(C)[C@H]3CC[C@]12C)C(=O)O. The van der Waals surface area contributed by atoms with Crippen LogP contribution in [0, 0.1) is 45.3 Å². The fourth-order valence-electron chi connectivity index (χ4n) is 9.50. The molecule has 0 spiro atoms. The van der Waals surface area contributed by atoms with E-state index in [-0.39, 0.29) is 21.7 Å². The van der Waals surface area contributed by atoms with E-state index in [0.717, 1.165) is 32.1 Å². The highest BCUT2D eigenvalue weighted by molar-refractivity contribution is 5.85. The predicted octanol–water partition coefficient (Wildman–Crippen LogP) is 6.37. The third kappa shape index (κ3) is 3.49. The Hall–Kier alpha value is -1.13. The number of hydrogen-bond acceptors (Lipinski definition) is 3. The van der Waals surface area contributed by atoms with E-state index in [1.165, 1.54) is 12.8 Å². The minimum Gasteiger partial charge on any atom is -0.478 e. The zero-order valence-corrected chi connectivity index (χ0v) is 22.5. The van der Waals surface area contributed by atoms with Crippen LogP contribution in [0.4, 0.5) is 0 Å². The Bertz CT molecular complexity index is 886. The van der Waals surface area contributed by atoms with Gasteiger partial charge in [0, 0.05) is 17.4 Å². The minimum atomic E-state index is -0.820. The largest absolute Gasteiger partial charge is 0.478 e. The quantitative estimate of drug-likeness (QED) is 0.321. The Kier molecular flexibility index (Phi) is 6.47. The first-order valence-electron chi connectivity index (χ1n) is 13.7. The molecule has 9 atom stereocenters. The number of carboxylic acid groups (broad SMARTS) is 1. The van der Waals surface area contributed by atoms with Crippen LogP contribution >= 0.6 is 0 Å². The van der Waals surface area contributed by atoms with Gasteiger partial charge in [0.25, 0.3) is 0 Å². The van der Waals surface area contributed by atoms with Crippen LogP contribution < -0.4 is 0 Å². The average molecular weight is 473 g/mol. The lowest BCUT2D eigenvalue weighted by Gasteiger charge is -2.69. The van der Waals surface area contributed by atoms with Crippen LogP contribution in [0.25, 0.3) is 0 Å². The van der Waals surface area contributed by atoms with Crippen LogP contribution in [0.3, 0.4) is 0 Å². The summed E-state index contributed by atoms with van der Waals surface area (Å²) in [5.41, 5.74) is 2.04. The van der Waals surface area contributed by atoms with Crippen molar-refractivity contribution in [3.63, 3.8) is 0 Å². The molecule has 192 valence electrons. The van der Waals surface area contributed by atoms with E-state index in [0.29, 0.717) is 35.7 Å². The lowest BCUT2D eigenvalue weighted by Crippen LogP contribution is -2.66. The molecule has 0 heterocycles. The van der Waals surface area contributed by atoms with E-state index in [1.807, 2.05) is 6.08 Å². The number of carbonyl (C=O) groups is 1. The molecule has 0 aromatic carbocycles. The van der Waals surface area contributed by atoms with Crippen molar-refractivity contribution in [3.05, 3.63) is 23.3 Å². The van der Waals surface area contributed by atoms with Crippen LogP contribution in [0.5, 0.6) is 0 Å². The normalized spacial score (nSPS) is 46.7. The van der Waals surface area contributed by atoms with Gasteiger partial charge in [-0.15, -0.1) is 0 Å². The fourth-order valence-corrected chi connectivity index (χ4v) is 9.50. The molecular formula is C30H48O4. The molecule has 0 aromatic rings. The third-order valence-electron chi connectivity index (χ3n) is 12.1. The Balaban J connectivity index is 1.62. The summed E-state index contributed by atoms with van der Waals surface area (Å²) in [5.74, 6) is 1.04. The van der Waals surface area contributed by atoms with Crippen molar-refractivity contribution >= 4 is 5.97 Å². The Morgan fingerprint density at radius 2 is 1.76 bits per heavy atom. The van der Waals surface area contributed by atoms with Gasteiger partial charge >= 0.3 is 5.97 Å². The number of aliphatic hydroxyl groups is 2. The van der Waals surface area contributed by atoms with Crippen LogP contribution in [0.1, 0.15) is 99.8 Å². The van der Waals surface area contributed by atoms with Gasteiger partial charge in [-0.2, -0.15) is 0 Å². The van der Waals surface area contributed by atoms with Crippen molar-refractivity contribution in [1.29, 1.82) is 0 Å². The molecule has 4 aliphatic carbocycles. The van der Waals surface area contributed by atoms with Crippen LogP contribution in [0.2, 0.25) is 0 Å². The van der Waals surface area contributed by atoms with Crippen molar-refractivity contribution in [3.8, 4) is 0 Å². The fraction of sp³-hybridized carbons (Fsp3) is 0.833. The lowest BCUT2D eigenvalue weighted by molar-refractivity contribution is -0.237. The first-order chi connectivity index (χ1) is 15.7. The van der Waals surface area contributed by atoms with Gasteiger partial charge in [-0.05, 0) is 91.8 Å². The van der Waals surface area contributed by atoms with Crippen molar-refractivity contribution in [2.24, 2.45) is 45.3 Å². The summed E-state index contributed by atoms with van der Waals surface area (Å²) in [6.45, 7) is 15.8. The van der Waals surface area contributed by atoms with Gasteiger partial charge in [-0.1, -0.05) is 59.3 Å². The molecule has 0 aliphatic heterocycles. The van der Waals surface area contributed by atoms with Crippen LogP contribution in [-0.2, 0) is 4.79 Å². The monoisotopic (exact) mass is 472 g/mol. The van der Waals surface area contributed by atoms with Gasteiger partial charge in [0.05, 0.1) is 12.2 Å². The molecule has 0 bridgehead atoms. The number of carboxylic acids is 1. The van der Waals surface area contributed by atoms with Gasteiger partial charge in [0.15, 0.2) is 0 Å². The number of aliphatic carboxylic acids is 1. The van der Waals surface area contributed by atoms with E-state index in [2.05, 4.69) is 47.6 Å². The summed E-state index contributed by atoms with van der Waals surface area (Å²) in [6.07, 6.45) is 11.5. The van der Waals surface area contributed by atoms with E-state index in [4.69, 9.17) is 5.11 Å². The van der Waals surface area contributed by atoms with Crippen molar-refractivity contribution in [2.45, 2.75) is 112 Å². The Morgan fingerprint density at radius 1 is 1.09 bits per heavy atom. The van der Waals surface area contributed by atoms with Gasteiger partial charge in [0.2, 0.25) is 0 Å². The Labute approximate surface area is 206 Å². The first kappa shape index (κ1) is 25.9. The molecule has 0 unspecified atom stereocenters. The predicted molar refractivity (Wildman–Crippen MR) is 136 cm³/mol. The molecule has 4 heteroatoms.